The van der Waals surface area contributed by atoms with E-state index >= 15 is 0 Å². The second-order valence-corrected chi connectivity index (χ2v) is 9.48. The van der Waals surface area contributed by atoms with E-state index in [0.29, 0.717) is 18.7 Å². The Kier molecular flexibility index (Phi) is 6.16. The summed E-state index contributed by atoms with van der Waals surface area (Å²) in [7, 11) is 0. The van der Waals surface area contributed by atoms with Gasteiger partial charge in [0.15, 0.2) is 23.2 Å². The van der Waals surface area contributed by atoms with Gasteiger partial charge in [-0.1, -0.05) is 37.0 Å². The molecule has 0 bridgehead atoms. The predicted molar refractivity (Wildman–Crippen MR) is 126 cm³/mol. The molecule has 4 rings (SSSR count). The molecule has 3 aromatic rings. The van der Waals surface area contributed by atoms with E-state index in [1.807, 2.05) is 4.90 Å². The van der Waals surface area contributed by atoms with E-state index in [1.165, 1.54) is 30.7 Å². The molecule has 1 aromatic carbocycles. The van der Waals surface area contributed by atoms with E-state index in [2.05, 4.69) is 23.8 Å². The molecule has 10 heteroatoms. The Balaban J connectivity index is 1.57. The zero-order valence-electron chi connectivity index (χ0n) is 17.9. The number of anilines is 2. The van der Waals surface area contributed by atoms with E-state index in [1.54, 1.807) is 0 Å². The zero-order valence-corrected chi connectivity index (χ0v) is 19.4. The Hall–Kier alpha value is -2.97. The fourth-order valence-electron chi connectivity index (χ4n) is 3.71. The Bertz CT molecular complexity index is 1220. The minimum atomic E-state index is -0.717. The first-order valence-electron chi connectivity index (χ1n) is 10.1. The minimum absolute atomic E-state index is 0.0128. The zero-order chi connectivity index (χ0) is 23.9. The number of nitrogens with two attached hydrogens (primary N) is 1. The topological polar surface area (TPSA) is 88.1 Å². The number of nitrogens with zero attached hydrogens (tertiary/aromatic N) is 3. The standard InChI is InChI=1S/C23H21Cl2F2N5O/c1-23(2)10-32(11-23)22-18(27)3-12(6-31-22)21(29)13-4-20(17(26)5-19(13)28)33-9-14-15(24)7-30-8-16(14)25/h3-8,29H,9-11,28H2,1-2H3. The summed E-state index contributed by atoms with van der Waals surface area (Å²) in [6.45, 7) is 5.47. The number of pyridine rings is 2. The molecule has 1 aliphatic rings. The Morgan fingerprint density at radius 3 is 2.39 bits per heavy atom. The Labute approximate surface area is 199 Å². The molecule has 0 radical (unpaired) electrons. The summed E-state index contributed by atoms with van der Waals surface area (Å²) in [6, 6.07) is 3.57. The van der Waals surface area contributed by atoms with Crippen molar-refractivity contribution in [3.63, 3.8) is 0 Å². The van der Waals surface area contributed by atoms with Gasteiger partial charge in [-0.2, -0.15) is 0 Å². The number of aromatic nitrogens is 2. The van der Waals surface area contributed by atoms with Crippen molar-refractivity contribution in [2.24, 2.45) is 5.41 Å². The van der Waals surface area contributed by atoms with Crippen LogP contribution in [0.15, 0.2) is 36.8 Å². The molecule has 0 saturated carbocycles. The summed E-state index contributed by atoms with van der Waals surface area (Å²) in [5.74, 6) is -1.16. The normalized spacial score (nSPS) is 14.7. The van der Waals surface area contributed by atoms with Crippen LogP contribution in [0.3, 0.4) is 0 Å². The van der Waals surface area contributed by atoms with Crippen molar-refractivity contribution in [3.05, 3.63) is 75.2 Å². The van der Waals surface area contributed by atoms with Gasteiger partial charge in [0.25, 0.3) is 0 Å². The van der Waals surface area contributed by atoms with Gasteiger partial charge in [-0.3, -0.25) is 10.4 Å². The van der Waals surface area contributed by atoms with Crippen molar-refractivity contribution in [2.75, 3.05) is 23.7 Å². The molecular formula is C23H21Cl2F2N5O. The highest BCUT2D eigenvalue weighted by Gasteiger charge is 2.36. The first-order valence-corrected chi connectivity index (χ1v) is 10.8. The van der Waals surface area contributed by atoms with Crippen molar-refractivity contribution in [1.29, 1.82) is 5.41 Å². The molecule has 2 aromatic heterocycles. The van der Waals surface area contributed by atoms with Crippen LogP contribution >= 0.6 is 23.2 Å². The monoisotopic (exact) mass is 491 g/mol. The molecule has 0 aliphatic carbocycles. The molecule has 6 nitrogen and oxygen atoms in total. The summed E-state index contributed by atoms with van der Waals surface area (Å²) >= 11 is 12.2. The minimum Gasteiger partial charge on any atom is -0.486 e. The fraction of sp³-hybridized carbons (Fsp3) is 0.261. The van der Waals surface area contributed by atoms with Crippen LogP contribution < -0.4 is 15.4 Å². The molecule has 3 N–H and O–H groups in total. The Morgan fingerprint density at radius 2 is 1.79 bits per heavy atom. The van der Waals surface area contributed by atoms with Crippen molar-refractivity contribution >= 4 is 40.4 Å². The maximum absolute atomic E-state index is 14.7. The molecule has 0 unspecified atom stereocenters. The molecule has 172 valence electrons. The largest absolute Gasteiger partial charge is 0.486 e. The third kappa shape index (κ3) is 4.72. The van der Waals surface area contributed by atoms with Gasteiger partial charge in [-0.25, -0.2) is 13.8 Å². The van der Waals surface area contributed by atoms with Crippen molar-refractivity contribution < 1.29 is 13.5 Å². The van der Waals surface area contributed by atoms with E-state index in [4.69, 9.17) is 39.1 Å². The Morgan fingerprint density at radius 1 is 1.12 bits per heavy atom. The highest BCUT2D eigenvalue weighted by atomic mass is 35.5. The molecule has 0 amide bonds. The average Bonchev–Trinajstić information content (AvgIpc) is 2.72. The lowest BCUT2D eigenvalue weighted by Crippen LogP contribution is -2.53. The smallest absolute Gasteiger partial charge is 0.167 e. The summed E-state index contributed by atoms with van der Waals surface area (Å²) in [5, 5.41) is 9.06. The van der Waals surface area contributed by atoms with Gasteiger partial charge in [0.1, 0.15) is 6.61 Å². The maximum atomic E-state index is 14.7. The third-order valence-corrected chi connectivity index (χ3v) is 6.00. The van der Waals surface area contributed by atoms with Crippen LogP contribution in [0.2, 0.25) is 10.0 Å². The van der Waals surface area contributed by atoms with Crippen molar-refractivity contribution in [1.82, 2.24) is 9.97 Å². The number of hydrogen-bond donors (Lipinski definition) is 2. The fourth-order valence-corrected chi connectivity index (χ4v) is 4.19. The number of halogens is 4. The van der Waals surface area contributed by atoms with Gasteiger partial charge >= 0.3 is 0 Å². The first-order chi connectivity index (χ1) is 15.6. The van der Waals surface area contributed by atoms with E-state index in [-0.39, 0.29) is 56.2 Å². The van der Waals surface area contributed by atoms with Crippen LogP contribution in [0.1, 0.15) is 30.5 Å². The highest BCUT2D eigenvalue weighted by molar-refractivity contribution is 6.35. The van der Waals surface area contributed by atoms with Crippen LogP contribution in [0, 0.1) is 22.5 Å². The second-order valence-electron chi connectivity index (χ2n) is 8.66. The molecule has 1 fully saturated rings. The number of benzene rings is 1. The predicted octanol–water partition coefficient (Wildman–Crippen LogP) is 5.49. The maximum Gasteiger partial charge on any atom is 0.167 e. The lowest BCUT2D eigenvalue weighted by molar-refractivity contribution is 0.272. The van der Waals surface area contributed by atoms with Gasteiger partial charge < -0.3 is 15.4 Å². The van der Waals surface area contributed by atoms with Gasteiger partial charge in [0.05, 0.1) is 15.8 Å². The van der Waals surface area contributed by atoms with Crippen LogP contribution in [0.25, 0.3) is 0 Å². The molecular weight excluding hydrogens is 471 g/mol. The van der Waals surface area contributed by atoms with Gasteiger partial charge in [0.2, 0.25) is 0 Å². The lowest BCUT2D eigenvalue weighted by Gasteiger charge is -2.46. The molecule has 1 aliphatic heterocycles. The molecule has 1 saturated heterocycles. The molecule has 0 atom stereocenters. The summed E-state index contributed by atoms with van der Waals surface area (Å²) in [5.41, 5.74) is 6.80. The summed E-state index contributed by atoms with van der Waals surface area (Å²) in [6.07, 6.45) is 4.21. The quantitative estimate of drug-likeness (QED) is 0.351. The third-order valence-electron chi connectivity index (χ3n) is 5.35. The lowest BCUT2D eigenvalue weighted by atomic mass is 9.84. The highest BCUT2D eigenvalue weighted by Crippen LogP contribution is 2.34. The molecule has 0 spiro atoms. The number of rotatable bonds is 6. The number of nitrogens with one attached hydrogen (secondary N) is 1. The number of nitrogen functional groups attached to an aromatic ring is 1. The molecule has 33 heavy (non-hydrogen) atoms. The van der Waals surface area contributed by atoms with Crippen LogP contribution in [-0.4, -0.2) is 28.8 Å². The molecule has 3 heterocycles. The first kappa shape index (κ1) is 23.2. The summed E-state index contributed by atoms with van der Waals surface area (Å²) in [4.78, 5) is 9.91. The van der Waals surface area contributed by atoms with Crippen LogP contribution in [0.4, 0.5) is 20.3 Å². The van der Waals surface area contributed by atoms with Gasteiger partial charge in [-0.05, 0) is 17.5 Å². The van der Waals surface area contributed by atoms with E-state index < -0.39 is 11.6 Å². The second kappa shape index (κ2) is 8.76. The number of ether oxygens (including phenoxy) is 1. The van der Waals surface area contributed by atoms with Gasteiger partial charge in [0, 0.05) is 60.1 Å². The SMILES string of the molecule is CC1(C)CN(c2ncc(C(=N)c3cc(OCc4c(Cl)cncc4Cl)c(F)cc3N)cc2F)C1. The van der Waals surface area contributed by atoms with E-state index in [0.717, 1.165) is 6.07 Å². The number of hydrogen-bond acceptors (Lipinski definition) is 6. The average molecular weight is 492 g/mol. The van der Waals surface area contributed by atoms with Crippen molar-refractivity contribution in [2.45, 2.75) is 20.5 Å². The van der Waals surface area contributed by atoms with Crippen LogP contribution in [0.5, 0.6) is 5.75 Å². The summed E-state index contributed by atoms with van der Waals surface area (Å²) < 4.78 is 34.8. The van der Waals surface area contributed by atoms with Crippen molar-refractivity contribution in [3.8, 4) is 5.75 Å². The van der Waals surface area contributed by atoms with E-state index in [9.17, 15) is 8.78 Å². The van der Waals surface area contributed by atoms with Gasteiger partial charge in [-0.15, -0.1) is 0 Å². The van der Waals surface area contributed by atoms with Crippen LogP contribution in [-0.2, 0) is 6.61 Å².